The summed E-state index contributed by atoms with van der Waals surface area (Å²) in [6.45, 7) is 1.71. The predicted molar refractivity (Wildman–Crippen MR) is 69.8 cm³/mol. The number of nitro benzene ring substituents is 1. The number of nitro groups is 1. The molecule has 5 nitrogen and oxygen atoms in total. The number of pyridine rings is 1. The molecular weight excluding hydrogens is 319 g/mol. The number of halogens is 2. The molecule has 0 radical (unpaired) electrons. The highest BCUT2D eigenvalue weighted by Gasteiger charge is 2.21. The van der Waals surface area contributed by atoms with Crippen LogP contribution in [-0.4, -0.2) is 9.91 Å². The number of aryl methyl sites for hydroxylation is 1. The number of benzene rings is 1. The molecule has 7 heteroatoms. The van der Waals surface area contributed by atoms with Crippen LogP contribution in [0.1, 0.15) is 5.56 Å². The van der Waals surface area contributed by atoms with Gasteiger partial charge in [0.25, 0.3) is 0 Å². The molecule has 0 atom stereocenters. The predicted octanol–water partition coefficient (Wildman–Crippen LogP) is 3.99. The molecule has 0 aliphatic heterocycles. The summed E-state index contributed by atoms with van der Waals surface area (Å²) in [4.78, 5) is 14.1. The SMILES string of the molecule is Cc1cc(Br)cnc1Oc1c(F)cccc1[N+](=O)[O-]. The summed E-state index contributed by atoms with van der Waals surface area (Å²) in [5.74, 6) is -1.12. The fourth-order valence-electron chi connectivity index (χ4n) is 1.47. The molecule has 1 aromatic carbocycles. The van der Waals surface area contributed by atoms with Crippen LogP contribution in [0.2, 0.25) is 0 Å². The van der Waals surface area contributed by atoms with Gasteiger partial charge in [0.2, 0.25) is 11.6 Å². The second-order valence-electron chi connectivity index (χ2n) is 3.72. The van der Waals surface area contributed by atoms with Crippen molar-refractivity contribution < 1.29 is 14.1 Å². The Hall–Kier alpha value is -2.02. The lowest BCUT2D eigenvalue weighted by Crippen LogP contribution is -1.98. The average molecular weight is 327 g/mol. The summed E-state index contributed by atoms with van der Waals surface area (Å²) in [7, 11) is 0. The van der Waals surface area contributed by atoms with Gasteiger partial charge in [-0.2, -0.15) is 0 Å². The molecule has 0 saturated heterocycles. The standard InChI is InChI=1S/C12H8BrFN2O3/c1-7-5-8(13)6-15-12(7)19-11-9(14)3-2-4-10(11)16(17)18/h2-6H,1H3. The summed E-state index contributed by atoms with van der Waals surface area (Å²) >= 11 is 3.23. The number of rotatable bonds is 3. The third-order valence-corrected chi connectivity index (χ3v) is 2.77. The molecule has 0 spiro atoms. The van der Waals surface area contributed by atoms with Crippen molar-refractivity contribution in [1.29, 1.82) is 0 Å². The van der Waals surface area contributed by atoms with E-state index in [1.165, 1.54) is 18.3 Å². The summed E-state index contributed by atoms with van der Waals surface area (Å²) in [5, 5.41) is 10.8. The van der Waals surface area contributed by atoms with Gasteiger partial charge in [-0.25, -0.2) is 9.37 Å². The lowest BCUT2D eigenvalue weighted by Gasteiger charge is -2.08. The summed E-state index contributed by atoms with van der Waals surface area (Å²) in [6, 6.07) is 5.24. The zero-order valence-corrected chi connectivity index (χ0v) is 11.3. The zero-order chi connectivity index (χ0) is 14.0. The fraction of sp³-hybridized carbons (Fsp3) is 0.0833. The Kier molecular flexibility index (Phi) is 3.75. The van der Waals surface area contributed by atoms with E-state index in [1.807, 2.05) is 0 Å². The van der Waals surface area contributed by atoms with E-state index in [-0.39, 0.29) is 5.88 Å². The van der Waals surface area contributed by atoms with Gasteiger partial charge in [-0.1, -0.05) is 6.07 Å². The molecule has 1 aromatic heterocycles. The van der Waals surface area contributed by atoms with Crippen LogP contribution in [0.15, 0.2) is 34.9 Å². The van der Waals surface area contributed by atoms with E-state index in [2.05, 4.69) is 20.9 Å². The van der Waals surface area contributed by atoms with Crippen LogP contribution in [0.3, 0.4) is 0 Å². The van der Waals surface area contributed by atoms with Gasteiger partial charge in [0.1, 0.15) is 0 Å². The second-order valence-corrected chi connectivity index (χ2v) is 4.64. The maximum atomic E-state index is 13.6. The molecule has 0 fully saturated rings. The number of nitrogens with zero attached hydrogens (tertiary/aromatic N) is 2. The molecule has 0 aliphatic rings. The van der Waals surface area contributed by atoms with E-state index in [0.717, 1.165) is 10.5 Å². The number of hydrogen-bond acceptors (Lipinski definition) is 4. The Balaban J connectivity index is 2.46. The first-order chi connectivity index (χ1) is 8.99. The van der Waals surface area contributed by atoms with Crippen molar-refractivity contribution in [3.63, 3.8) is 0 Å². The molecule has 0 bridgehead atoms. The molecule has 2 aromatic rings. The van der Waals surface area contributed by atoms with Crippen LogP contribution in [0.25, 0.3) is 0 Å². The zero-order valence-electron chi connectivity index (χ0n) is 9.76. The Morgan fingerprint density at radius 1 is 1.47 bits per heavy atom. The molecule has 0 N–H and O–H groups in total. The van der Waals surface area contributed by atoms with Gasteiger partial charge >= 0.3 is 5.69 Å². The average Bonchev–Trinajstić information content (AvgIpc) is 2.34. The molecule has 1 heterocycles. The highest BCUT2D eigenvalue weighted by molar-refractivity contribution is 9.10. The van der Waals surface area contributed by atoms with E-state index in [4.69, 9.17) is 4.74 Å². The maximum Gasteiger partial charge on any atom is 0.314 e. The van der Waals surface area contributed by atoms with E-state index < -0.39 is 22.2 Å². The smallest absolute Gasteiger partial charge is 0.314 e. The van der Waals surface area contributed by atoms with Gasteiger partial charge in [0.05, 0.1) is 4.92 Å². The molecule has 0 amide bonds. The Morgan fingerprint density at radius 2 is 2.21 bits per heavy atom. The van der Waals surface area contributed by atoms with Crippen molar-refractivity contribution in [2.24, 2.45) is 0 Å². The van der Waals surface area contributed by atoms with Gasteiger partial charge in [0, 0.05) is 22.3 Å². The van der Waals surface area contributed by atoms with Gasteiger partial charge in [0.15, 0.2) is 5.82 Å². The van der Waals surface area contributed by atoms with Gasteiger partial charge < -0.3 is 4.74 Å². The summed E-state index contributed by atoms with van der Waals surface area (Å²) < 4.78 is 19.6. The van der Waals surface area contributed by atoms with Gasteiger partial charge in [-0.05, 0) is 35.0 Å². The first kappa shape index (κ1) is 13.4. The summed E-state index contributed by atoms with van der Waals surface area (Å²) in [6.07, 6.45) is 1.47. The van der Waals surface area contributed by atoms with Crippen LogP contribution < -0.4 is 4.74 Å². The van der Waals surface area contributed by atoms with Crippen LogP contribution in [0.5, 0.6) is 11.6 Å². The minimum atomic E-state index is -0.807. The minimum absolute atomic E-state index is 0.122. The summed E-state index contributed by atoms with van der Waals surface area (Å²) in [5.41, 5.74) is 0.191. The third-order valence-electron chi connectivity index (χ3n) is 2.34. The van der Waals surface area contributed by atoms with Crippen molar-refractivity contribution in [2.75, 3.05) is 0 Å². The van der Waals surface area contributed by atoms with Crippen LogP contribution in [-0.2, 0) is 0 Å². The second kappa shape index (κ2) is 5.31. The third kappa shape index (κ3) is 2.87. The van der Waals surface area contributed by atoms with Crippen LogP contribution in [0, 0.1) is 22.9 Å². The molecule has 98 valence electrons. The minimum Gasteiger partial charge on any atom is -0.428 e. The van der Waals surface area contributed by atoms with Crippen molar-refractivity contribution in [3.05, 3.63) is 56.4 Å². The van der Waals surface area contributed by atoms with Crippen molar-refractivity contribution in [3.8, 4) is 11.6 Å². The maximum absolute atomic E-state index is 13.6. The van der Waals surface area contributed by atoms with Crippen LogP contribution in [0.4, 0.5) is 10.1 Å². The van der Waals surface area contributed by atoms with Crippen LogP contribution >= 0.6 is 15.9 Å². The normalized spacial score (nSPS) is 10.3. The first-order valence-electron chi connectivity index (χ1n) is 5.22. The van der Waals surface area contributed by atoms with E-state index in [9.17, 15) is 14.5 Å². The monoisotopic (exact) mass is 326 g/mol. The topological polar surface area (TPSA) is 65.3 Å². The molecular formula is C12H8BrFN2O3. The molecule has 0 saturated carbocycles. The van der Waals surface area contributed by atoms with E-state index in [0.29, 0.717) is 5.56 Å². The Morgan fingerprint density at radius 3 is 2.84 bits per heavy atom. The molecule has 19 heavy (non-hydrogen) atoms. The largest absolute Gasteiger partial charge is 0.428 e. The quantitative estimate of drug-likeness (QED) is 0.631. The number of hydrogen-bond donors (Lipinski definition) is 0. The number of ether oxygens (including phenoxy) is 1. The number of aromatic nitrogens is 1. The lowest BCUT2D eigenvalue weighted by atomic mass is 10.2. The van der Waals surface area contributed by atoms with E-state index in [1.54, 1.807) is 13.0 Å². The Bertz CT molecular complexity index is 649. The van der Waals surface area contributed by atoms with E-state index >= 15 is 0 Å². The fourth-order valence-corrected chi connectivity index (χ4v) is 1.92. The highest BCUT2D eigenvalue weighted by Crippen LogP contribution is 2.34. The first-order valence-corrected chi connectivity index (χ1v) is 6.01. The van der Waals surface area contributed by atoms with Crippen molar-refractivity contribution in [2.45, 2.75) is 6.92 Å². The van der Waals surface area contributed by atoms with Gasteiger partial charge in [-0.3, -0.25) is 10.1 Å². The van der Waals surface area contributed by atoms with Crippen molar-refractivity contribution in [1.82, 2.24) is 4.98 Å². The lowest BCUT2D eigenvalue weighted by molar-refractivity contribution is -0.385. The van der Waals surface area contributed by atoms with Gasteiger partial charge in [-0.15, -0.1) is 0 Å². The van der Waals surface area contributed by atoms with Crippen molar-refractivity contribution >= 4 is 21.6 Å². The molecule has 0 aliphatic carbocycles. The molecule has 2 rings (SSSR count). The molecule has 0 unspecified atom stereocenters. The Labute approximate surface area is 116 Å². The highest BCUT2D eigenvalue weighted by atomic mass is 79.9. The number of para-hydroxylation sites is 1.